The lowest BCUT2D eigenvalue weighted by Crippen LogP contribution is -1.95. The standard InChI is InChI=1S/C9H7ClN2O/c1-6(13)7-4-8(10)9-11-2-3-12(9)5-7/h2-5H,1H3. The van der Waals surface area contributed by atoms with Gasteiger partial charge in [-0.25, -0.2) is 4.98 Å². The molecule has 0 atom stereocenters. The van der Waals surface area contributed by atoms with Gasteiger partial charge in [0.05, 0.1) is 5.02 Å². The first-order chi connectivity index (χ1) is 6.18. The minimum atomic E-state index is -0.00231. The highest BCUT2D eigenvalue weighted by Crippen LogP contribution is 2.17. The zero-order valence-corrected chi connectivity index (χ0v) is 7.75. The van der Waals surface area contributed by atoms with Crippen LogP contribution in [0.3, 0.4) is 0 Å². The number of hydrogen-bond acceptors (Lipinski definition) is 2. The number of aromatic nitrogens is 2. The van der Waals surface area contributed by atoms with E-state index in [1.807, 2.05) is 0 Å². The van der Waals surface area contributed by atoms with Gasteiger partial charge in [0.25, 0.3) is 0 Å². The van der Waals surface area contributed by atoms with Crippen molar-refractivity contribution in [1.82, 2.24) is 9.38 Å². The van der Waals surface area contributed by atoms with Crippen LogP contribution in [0.1, 0.15) is 17.3 Å². The Kier molecular flexibility index (Phi) is 1.81. The van der Waals surface area contributed by atoms with Gasteiger partial charge in [-0.1, -0.05) is 11.6 Å². The SMILES string of the molecule is CC(=O)c1cc(Cl)c2nccn2c1. The van der Waals surface area contributed by atoms with Crippen molar-refractivity contribution < 1.29 is 4.79 Å². The van der Waals surface area contributed by atoms with Gasteiger partial charge in [-0.05, 0) is 13.0 Å². The van der Waals surface area contributed by atoms with Crippen molar-refractivity contribution in [2.45, 2.75) is 6.92 Å². The summed E-state index contributed by atoms with van der Waals surface area (Å²) < 4.78 is 1.74. The third-order valence-corrected chi connectivity index (χ3v) is 2.13. The summed E-state index contributed by atoms with van der Waals surface area (Å²) in [6.07, 6.45) is 5.12. The van der Waals surface area contributed by atoms with Gasteiger partial charge in [-0.2, -0.15) is 0 Å². The van der Waals surface area contributed by atoms with Crippen molar-refractivity contribution in [2.75, 3.05) is 0 Å². The normalized spacial score (nSPS) is 10.6. The van der Waals surface area contributed by atoms with Gasteiger partial charge in [0.15, 0.2) is 11.4 Å². The average molecular weight is 195 g/mol. The van der Waals surface area contributed by atoms with Gasteiger partial charge >= 0.3 is 0 Å². The summed E-state index contributed by atoms with van der Waals surface area (Å²) in [5.41, 5.74) is 1.27. The van der Waals surface area contributed by atoms with E-state index in [1.54, 1.807) is 29.1 Å². The van der Waals surface area contributed by atoms with E-state index in [1.165, 1.54) is 6.92 Å². The predicted molar refractivity (Wildman–Crippen MR) is 50.2 cm³/mol. The molecule has 0 bridgehead atoms. The highest BCUT2D eigenvalue weighted by atomic mass is 35.5. The first kappa shape index (κ1) is 8.26. The maximum Gasteiger partial charge on any atom is 0.161 e. The molecule has 2 aromatic heterocycles. The van der Waals surface area contributed by atoms with Crippen molar-refractivity contribution in [3.63, 3.8) is 0 Å². The second-order valence-electron chi connectivity index (χ2n) is 2.79. The van der Waals surface area contributed by atoms with Crippen LogP contribution in [-0.4, -0.2) is 15.2 Å². The third-order valence-electron chi connectivity index (χ3n) is 1.85. The van der Waals surface area contributed by atoms with E-state index in [-0.39, 0.29) is 5.78 Å². The van der Waals surface area contributed by atoms with E-state index in [0.29, 0.717) is 16.2 Å². The topological polar surface area (TPSA) is 34.4 Å². The second-order valence-corrected chi connectivity index (χ2v) is 3.20. The molecule has 2 aromatic rings. The molecule has 3 nitrogen and oxygen atoms in total. The number of nitrogens with zero attached hydrogens (tertiary/aromatic N) is 2. The van der Waals surface area contributed by atoms with Crippen molar-refractivity contribution in [3.8, 4) is 0 Å². The number of carbonyl (C=O) groups is 1. The van der Waals surface area contributed by atoms with Gasteiger partial charge < -0.3 is 4.40 Å². The molecule has 0 amide bonds. The fraction of sp³-hybridized carbons (Fsp3) is 0.111. The minimum absolute atomic E-state index is 0.00231. The molecule has 2 heterocycles. The van der Waals surface area contributed by atoms with Crippen molar-refractivity contribution in [2.24, 2.45) is 0 Å². The third kappa shape index (κ3) is 1.31. The van der Waals surface area contributed by atoms with Gasteiger partial charge in [0, 0.05) is 24.2 Å². The van der Waals surface area contributed by atoms with Gasteiger partial charge in [0.2, 0.25) is 0 Å². The monoisotopic (exact) mass is 194 g/mol. The lowest BCUT2D eigenvalue weighted by atomic mass is 10.2. The summed E-state index contributed by atoms with van der Waals surface area (Å²) in [5, 5.41) is 0.498. The number of Topliss-reactive ketones (excluding diaryl/α,β-unsaturated/α-hetero) is 1. The van der Waals surface area contributed by atoms with Crippen LogP contribution in [0, 0.1) is 0 Å². The Morgan fingerprint density at radius 2 is 2.38 bits per heavy atom. The van der Waals surface area contributed by atoms with Gasteiger partial charge in [-0.15, -0.1) is 0 Å². The van der Waals surface area contributed by atoms with Gasteiger partial charge in [-0.3, -0.25) is 4.79 Å². The molecule has 0 saturated heterocycles. The molecule has 0 aromatic carbocycles. The number of rotatable bonds is 1. The molecule has 13 heavy (non-hydrogen) atoms. The molecule has 0 N–H and O–H groups in total. The predicted octanol–water partition coefficient (Wildman–Crippen LogP) is 2.19. The molecule has 66 valence electrons. The summed E-state index contributed by atoms with van der Waals surface area (Å²) in [7, 11) is 0. The van der Waals surface area contributed by atoms with Crippen LogP contribution in [-0.2, 0) is 0 Å². The Labute approximate surface area is 80.0 Å². The average Bonchev–Trinajstić information content (AvgIpc) is 2.51. The zero-order chi connectivity index (χ0) is 9.42. The molecular formula is C9H7ClN2O. The number of halogens is 1. The Morgan fingerprint density at radius 1 is 1.62 bits per heavy atom. The minimum Gasteiger partial charge on any atom is -0.305 e. The number of ketones is 1. The Hall–Kier alpha value is -1.35. The maximum atomic E-state index is 11.1. The molecule has 0 unspecified atom stereocenters. The van der Waals surface area contributed by atoms with Crippen LogP contribution in [0.15, 0.2) is 24.7 Å². The molecular weight excluding hydrogens is 188 g/mol. The second kappa shape index (κ2) is 2.85. The quantitative estimate of drug-likeness (QED) is 0.653. The number of carbonyl (C=O) groups excluding carboxylic acids is 1. The summed E-state index contributed by atoms with van der Waals surface area (Å²) in [5.74, 6) is -0.00231. The van der Waals surface area contributed by atoms with Crippen LogP contribution in [0.4, 0.5) is 0 Å². The number of hydrogen-bond donors (Lipinski definition) is 0. The highest BCUT2D eigenvalue weighted by Gasteiger charge is 2.05. The van der Waals surface area contributed by atoms with Crippen molar-refractivity contribution in [3.05, 3.63) is 35.2 Å². The van der Waals surface area contributed by atoms with E-state index >= 15 is 0 Å². The van der Waals surface area contributed by atoms with E-state index in [4.69, 9.17) is 11.6 Å². The summed E-state index contributed by atoms with van der Waals surface area (Å²) in [6.45, 7) is 1.51. The van der Waals surface area contributed by atoms with Crippen LogP contribution >= 0.6 is 11.6 Å². The lowest BCUT2D eigenvalue weighted by Gasteiger charge is -1.99. The fourth-order valence-corrected chi connectivity index (χ4v) is 1.45. The number of fused-ring (bicyclic) bond motifs is 1. The van der Waals surface area contributed by atoms with E-state index in [9.17, 15) is 4.79 Å². The largest absolute Gasteiger partial charge is 0.305 e. The summed E-state index contributed by atoms with van der Waals surface area (Å²) in [4.78, 5) is 15.1. The van der Waals surface area contributed by atoms with E-state index in [2.05, 4.69) is 4.98 Å². The maximum absolute atomic E-state index is 11.1. The Bertz CT molecular complexity index is 475. The molecule has 0 saturated carbocycles. The lowest BCUT2D eigenvalue weighted by molar-refractivity contribution is 0.101. The zero-order valence-electron chi connectivity index (χ0n) is 6.99. The van der Waals surface area contributed by atoms with Crippen molar-refractivity contribution >= 4 is 23.0 Å². The van der Waals surface area contributed by atoms with Crippen molar-refractivity contribution in [1.29, 1.82) is 0 Å². The van der Waals surface area contributed by atoms with Crippen LogP contribution < -0.4 is 0 Å². The summed E-state index contributed by atoms with van der Waals surface area (Å²) in [6, 6.07) is 1.63. The molecule has 2 rings (SSSR count). The molecule has 4 heteroatoms. The smallest absolute Gasteiger partial charge is 0.161 e. The molecule has 0 aliphatic carbocycles. The molecule has 0 aliphatic rings. The van der Waals surface area contributed by atoms with Crippen LogP contribution in [0.25, 0.3) is 5.65 Å². The first-order valence-electron chi connectivity index (χ1n) is 3.81. The first-order valence-corrected chi connectivity index (χ1v) is 4.19. The molecule has 0 fully saturated rings. The highest BCUT2D eigenvalue weighted by molar-refractivity contribution is 6.33. The Balaban J connectivity index is 2.77. The van der Waals surface area contributed by atoms with Crippen LogP contribution in [0.2, 0.25) is 5.02 Å². The molecule has 0 aliphatic heterocycles. The van der Waals surface area contributed by atoms with E-state index < -0.39 is 0 Å². The number of imidazole rings is 1. The number of pyridine rings is 1. The molecule has 0 spiro atoms. The van der Waals surface area contributed by atoms with E-state index in [0.717, 1.165) is 0 Å². The fourth-order valence-electron chi connectivity index (χ4n) is 1.18. The Morgan fingerprint density at radius 3 is 3.08 bits per heavy atom. The van der Waals surface area contributed by atoms with Crippen LogP contribution in [0.5, 0.6) is 0 Å². The molecule has 0 radical (unpaired) electrons. The van der Waals surface area contributed by atoms with Gasteiger partial charge in [0.1, 0.15) is 0 Å². The summed E-state index contributed by atoms with van der Waals surface area (Å²) >= 11 is 5.91.